The SMILES string of the molecule is C/C(=C\c1ccccc1)Cn1cc(CCCCCc2cnc(N)[nH]2)nn1.Cl. The average Bonchev–Trinajstić information content (AvgIpc) is 3.24. The van der Waals surface area contributed by atoms with Crippen LogP contribution in [-0.4, -0.2) is 25.0 Å². The maximum atomic E-state index is 5.58. The van der Waals surface area contributed by atoms with Crippen molar-refractivity contribution in [2.75, 3.05) is 5.73 Å². The molecular formula is C20H27ClN6. The van der Waals surface area contributed by atoms with Crippen molar-refractivity contribution in [3.63, 3.8) is 0 Å². The number of imidazole rings is 1. The fourth-order valence-electron chi connectivity index (χ4n) is 2.97. The van der Waals surface area contributed by atoms with Crippen LogP contribution in [0.4, 0.5) is 5.95 Å². The monoisotopic (exact) mass is 386 g/mol. The minimum Gasteiger partial charge on any atom is -0.369 e. The summed E-state index contributed by atoms with van der Waals surface area (Å²) >= 11 is 0. The Hall–Kier alpha value is -2.60. The van der Waals surface area contributed by atoms with E-state index in [2.05, 4.69) is 51.6 Å². The molecular weight excluding hydrogens is 360 g/mol. The van der Waals surface area contributed by atoms with Gasteiger partial charge in [-0.1, -0.05) is 53.6 Å². The van der Waals surface area contributed by atoms with E-state index in [-0.39, 0.29) is 12.4 Å². The molecule has 2 heterocycles. The van der Waals surface area contributed by atoms with Gasteiger partial charge in [0.25, 0.3) is 0 Å². The third-order valence-electron chi connectivity index (χ3n) is 4.24. The largest absolute Gasteiger partial charge is 0.369 e. The number of H-pyrrole nitrogens is 1. The number of nitrogens with zero attached hydrogens (tertiary/aromatic N) is 4. The van der Waals surface area contributed by atoms with Gasteiger partial charge >= 0.3 is 0 Å². The highest BCUT2D eigenvalue weighted by Gasteiger charge is 2.03. The lowest BCUT2D eigenvalue weighted by Crippen LogP contribution is -1.99. The Kier molecular flexibility index (Phi) is 8.07. The van der Waals surface area contributed by atoms with Gasteiger partial charge < -0.3 is 10.7 Å². The molecule has 6 nitrogen and oxygen atoms in total. The molecule has 0 aliphatic rings. The summed E-state index contributed by atoms with van der Waals surface area (Å²) in [5.41, 5.74) is 10.2. The van der Waals surface area contributed by atoms with Crippen LogP contribution in [0, 0.1) is 0 Å². The van der Waals surface area contributed by atoms with Gasteiger partial charge in [0.1, 0.15) is 0 Å². The number of aromatic nitrogens is 5. The van der Waals surface area contributed by atoms with E-state index in [1.54, 1.807) is 0 Å². The van der Waals surface area contributed by atoms with Crippen molar-refractivity contribution in [3.05, 3.63) is 65.2 Å². The summed E-state index contributed by atoms with van der Waals surface area (Å²) in [5, 5.41) is 8.53. The second-order valence-electron chi connectivity index (χ2n) is 6.66. The molecule has 3 aromatic rings. The highest BCUT2D eigenvalue weighted by Crippen LogP contribution is 2.10. The van der Waals surface area contributed by atoms with E-state index < -0.39 is 0 Å². The predicted molar refractivity (Wildman–Crippen MR) is 112 cm³/mol. The summed E-state index contributed by atoms with van der Waals surface area (Å²) in [7, 11) is 0. The van der Waals surface area contributed by atoms with Gasteiger partial charge in [-0.2, -0.15) is 0 Å². The Morgan fingerprint density at radius 3 is 2.67 bits per heavy atom. The number of aryl methyl sites for hydroxylation is 2. The van der Waals surface area contributed by atoms with Crippen LogP contribution in [0.5, 0.6) is 0 Å². The Labute approximate surface area is 166 Å². The third kappa shape index (κ3) is 6.90. The van der Waals surface area contributed by atoms with Gasteiger partial charge in [0.15, 0.2) is 5.95 Å². The number of nitrogens with two attached hydrogens (primary N) is 1. The van der Waals surface area contributed by atoms with Crippen LogP contribution in [0.3, 0.4) is 0 Å². The first-order chi connectivity index (χ1) is 12.7. The Balaban J connectivity index is 0.00000261. The molecule has 2 aromatic heterocycles. The fraction of sp³-hybridized carbons (Fsp3) is 0.350. The van der Waals surface area contributed by atoms with E-state index in [4.69, 9.17) is 5.73 Å². The Morgan fingerprint density at radius 1 is 1.15 bits per heavy atom. The number of anilines is 1. The zero-order valence-electron chi connectivity index (χ0n) is 15.6. The van der Waals surface area contributed by atoms with Gasteiger partial charge in [-0.05, 0) is 38.2 Å². The van der Waals surface area contributed by atoms with Crippen LogP contribution in [0.15, 0.2) is 48.3 Å². The minimum absolute atomic E-state index is 0. The normalized spacial score (nSPS) is 11.4. The van der Waals surface area contributed by atoms with Crippen LogP contribution in [0.25, 0.3) is 6.08 Å². The second kappa shape index (κ2) is 10.5. The number of hydrogen-bond donors (Lipinski definition) is 2. The van der Waals surface area contributed by atoms with Crippen molar-refractivity contribution in [1.29, 1.82) is 0 Å². The molecule has 0 amide bonds. The van der Waals surface area contributed by atoms with Gasteiger partial charge in [-0.15, -0.1) is 17.5 Å². The first kappa shape index (κ1) is 20.7. The van der Waals surface area contributed by atoms with Crippen LogP contribution in [0.2, 0.25) is 0 Å². The summed E-state index contributed by atoms with van der Waals surface area (Å²) in [4.78, 5) is 7.07. The zero-order valence-corrected chi connectivity index (χ0v) is 16.5. The van der Waals surface area contributed by atoms with Crippen molar-refractivity contribution < 1.29 is 0 Å². The molecule has 27 heavy (non-hydrogen) atoms. The van der Waals surface area contributed by atoms with Crippen LogP contribution >= 0.6 is 12.4 Å². The Morgan fingerprint density at radius 2 is 1.93 bits per heavy atom. The van der Waals surface area contributed by atoms with Crippen LogP contribution < -0.4 is 5.73 Å². The van der Waals surface area contributed by atoms with Crippen LogP contribution in [0.1, 0.15) is 43.1 Å². The second-order valence-corrected chi connectivity index (χ2v) is 6.66. The summed E-state index contributed by atoms with van der Waals surface area (Å²) in [5.74, 6) is 0.494. The molecule has 0 radical (unpaired) electrons. The van der Waals surface area contributed by atoms with Crippen molar-refractivity contribution in [2.45, 2.75) is 45.6 Å². The molecule has 3 N–H and O–H groups in total. The van der Waals surface area contributed by atoms with Crippen molar-refractivity contribution >= 4 is 24.4 Å². The van der Waals surface area contributed by atoms with Gasteiger partial charge in [0.2, 0.25) is 0 Å². The molecule has 0 atom stereocenters. The summed E-state index contributed by atoms with van der Waals surface area (Å²) < 4.78 is 1.91. The molecule has 7 heteroatoms. The van der Waals surface area contributed by atoms with Crippen molar-refractivity contribution in [2.24, 2.45) is 0 Å². The molecule has 0 spiro atoms. The number of nitrogens with one attached hydrogen (secondary N) is 1. The molecule has 0 bridgehead atoms. The van der Waals surface area contributed by atoms with E-state index in [1.807, 2.05) is 29.1 Å². The number of aromatic amines is 1. The van der Waals surface area contributed by atoms with Crippen molar-refractivity contribution in [3.8, 4) is 0 Å². The molecule has 144 valence electrons. The average molecular weight is 387 g/mol. The van der Waals surface area contributed by atoms with E-state index in [0.29, 0.717) is 5.95 Å². The number of nitrogen functional groups attached to an aromatic ring is 1. The van der Waals surface area contributed by atoms with Crippen LogP contribution in [-0.2, 0) is 19.4 Å². The first-order valence-corrected chi connectivity index (χ1v) is 9.09. The van der Waals surface area contributed by atoms with E-state index in [9.17, 15) is 0 Å². The molecule has 0 saturated heterocycles. The third-order valence-corrected chi connectivity index (χ3v) is 4.24. The molecule has 0 saturated carbocycles. The molecule has 0 aliphatic heterocycles. The molecule has 0 unspecified atom stereocenters. The standard InChI is InChI=1S/C20H26N6.ClH/c1-16(12-17-8-4-2-5-9-17)14-26-15-19(24-25-26)11-7-3-6-10-18-13-22-20(21)23-18;/h2,4-5,8-9,12-13,15H,3,6-7,10-11,14H2,1H3,(H3,21,22,23);1H/b16-12+;. The summed E-state index contributed by atoms with van der Waals surface area (Å²) in [6, 6.07) is 10.3. The number of allylic oxidation sites excluding steroid dienone is 1. The first-order valence-electron chi connectivity index (χ1n) is 9.09. The zero-order chi connectivity index (χ0) is 18.2. The molecule has 0 aliphatic carbocycles. The number of rotatable bonds is 9. The quantitative estimate of drug-likeness (QED) is 0.543. The highest BCUT2D eigenvalue weighted by molar-refractivity contribution is 5.85. The predicted octanol–water partition coefficient (Wildman–Crippen LogP) is 4.06. The smallest absolute Gasteiger partial charge is 0.197 e. The summed E-state index contributed by atoms with van der Waals surface area (Å²) in [6.07, 6.45) is 11.4. The van der Waals surface area contributed by atoms with Gasteiger partial charge in [-0.25, -0.2) is 9.67 Å². The minimum atomic E-state index is 0. The molecule has 3 rings (SSSR count). The summed E-state index contributed by atoms with van der Waals surface area (Å²) in [6.45, 7) is 2.89. The number of hydrogen-bond acceptors (Lipinski definition) is 4. The maximum absolute atomic E-state index is 5.58. The van der Waals surface area contributed by atoms with Crippen molar-refractivity contribution in [1.82, 2.24) is 25.0 Å². The number of benzene rings is 1. The van der Waals surface area contributed by atoms with Gasteiger partial charge in [0, 0.05) is 11.9 Å². The molecule has 1 aromatic carbocycles. The number of halogens is 1. The van der Waals surface area contributed by atoms with E-state index in [1.165, 1.54) is 11.1 Å². The Bertz CT molecular complexity index is 837. The lowest BCUT2D eigenvalue weighted by molar-refractivity contribution is 0.642. The lowest BCUT2D eigenvalue weighted by Gasteiger charge is -2.01. The highest BCUT2D eigenvalue weighted by atomic mass is 35.5. The maximum Gasteiger partial charge on any atom is 0.197 e. The fourth-order valence-corrected chi connectivity index (χ4v) is 2.97. The van der Waals surface area contributed by atoms with E-state index in [0.717, 1.165) is 50.0 Å². The number of unbranched alkanes of at least 4 members (excludes halogenated alkanes) is 2. The van der Waals surface area contributed by atoms with Gasteiger partial charge in [-0.3, -0.25) is 0 Å². The lowest BCUT2D eigenvalue weighted by atomic mass is 10.1. The molecule has 0 fully saturated rings. The van der Waals surface area contributed by atoms with Gasteiger partial charge in [0.05, 0.1) is 18.4 Å². The topological polar surface area (TPSA) is 85.4 Å². The van der Waals surface area contributed by atoms with E-state index >= 15 is 0 Å².